The molecule has 2 aliphatic heterocycles. The zero-order valence-corrected chi connectivity index (χ0v) is 23.1. The van der Waals surface area contributed by atoms with Gasteiger partial charge in [0.15, 0.2) is 0 Å². The van der Waals surface area contributed by atoms with E-state index in [1.807, 2.05) is 6.07 Å². The van der Waals surface area contributed by atoms with Crippen LogP contribution in [0.2, 0.25) is 0 Å². The van der Waals surface area contributed by atoms with E-state index in [1.165, 1.54) is 5.56 Å². The van der Waals surface area contributed by atoms with Gasteiger partial charge in [-0.2, -0.15) is 0 Å². The fourth-order valence-corrected chi connectivity index (χ4v) is 5.91. The molecule has 1 aromatic rings. The van der Waals surface area contributed by atoms with E-state index in [0.29, 0.717) is 13.1 Å². The van der Waals surface area contributed by atoms with Crippen molar-refractivity contribution in [2.75, 3.05) is 46.4 Å². The Morgan fingerprint density at radius 2 is 1.81 bits per heavy atom. The summed E-state index contributed by atoms with van der Waals surface area (Å²) in [6, 6.07) is 9.88. The minimum Gasteiger partial charge on any atom is -0.380 e. The van der Waals surface area contributed by atoms with Crippen molar-refractivity contribution in [3.05, 3.63) is 35.9 Å². The standard InChI is InChI=1S/C29H48N4O3/c1-6-8-15-33(30-5)28(35)25(17-32-18-29(19-32)20-36-21-29)31-27(34)26(22(3)4)24(12-7-2)16-23-13-10-9-11-14-23/h9-11,13-14,22,24-26,30H,6-8,12,15-21H2,1-5H3,(H,31,34)/t24-,25?,26+/m1/s1. The number of hydrazine groups is 1. The summed E-state index contributed by atoms with van der Waals surface area (Å²) >= 11 is 0. The first-order valence-electron chi connectivity index (χ1n) is 14.0. The normalized spacial score (nSPS) is 19.3. The van der Waals surface area contributed by atoms with Crippen LogP contribution in [0.5, 0.6) is 0 Å². The van der Waals surface area contributed by atoms with Gasteiger partial charge in [0.2, 0.25) is 5.91 Å². The summed E-state index contributed by atoms with van der Waals surface area (Å²) in [5, 5.41) is 4.91. The van der Waals surface area contributed by atoms with Crippen molar-refractivity contribution in [1.82, 2.24) is 20.7 Å². The number of hydrogen-bond donors (Lipinski definition) is 2. The van der Waals surface area contributed by atoms with Crippen LogP contribution in [0.15, 0.2) is 30.3 Å². The third kappa shape index (κ3) is 7.30. The zero-order valence-electron chi connectivity index (χ0n) is 23.1. The van der Waals surface area contributed by atoms with E-state index in [9.17, 15) is 9.59 Å². The number of nitrogens with one attached hydrogen (secondary N) is 2. The molecule has 0 aliphatic carbocycles. The second kappa shape index (κ2) is 13.5. The highest BCUT2D eigenvalue weighted by Gasteiger charge is 2.49. The quantitative estimate of drug-likeness (QED) is 0.361. The highest BCUT2D eigenvalue weighted by atomic mass is 16.5. The summed E-state index contributed by atoms with van der Waals surface area (Å²) in [4.78, 5) is 29.8. The maximum absolute atomic E-state index is 13.9. The van der Waals surface area contributed by atoms with Gasteiger partial charge in [-0.3, -0.25) is 19.5 Å². The maximum Gasteiger partial charge on any atom is 0.260 e. The molecule has 7 heteroatoms. The van der Waals surface area contributed by atoms with Crippen LogP contribution in [-0.4, -0.2) is 74.2 Å². The van der Waals surface area contributed by atoms with E-state index in [1.54, 1.807) is 12.1 Å². The van der Waals surface area contributed by atoms with Crippen molar-refractivity contribution in [2.45, 2.75) is 65.8 Å². The highest BCUT2D eigenvalue weighted by molar-refractivity contribution is 5.88. The van der Waals surface area contributed by atoms with Crippen LogP contribution in [0.25, 0.3) is 0 Å². The zero-order chi connectivity index (χ0) is 26.1. The van der Waals surface area contributed by atoms with Crippen molar-refractivity contribution in [2.24, 2.45) is 23.2 Å². The molecule has 3 atom stereocenters. The summed E-state index contributed by atoms with van der Waals surface area (Å²) in [5.74, 6) is 0.213. The van der Waals surface area contributed by atoms with E-state index in [0.717, 1.165) is 58.4 Å². The summed E-state index contributed by atoms with van der Waals surface area (Å²) < 4.78 is 5.42. The third-order valence-electron chi connectivity index (χ3n) is 7.79. The monoisotopic (exact) mass is 500 g/mol. The molecule has 1 unspecified atom stereocenters. The lowest BCUT2D eigenvalue weighted by Gasteiger charge is -2.55. The van der Waals surface area contributed by atoms with Gasteiger partial charge >= 0.3 is 0 Å². The smallest absolute Gasteiger partial charge is 0.260 e. The molecule has 202 valence electrons. The van der Waals surface area contributed by atoms with E-state index >= 15 is 0 Å². The fraction of sp³-hybridized carbons (Fsp3) is 0.724. The van der Waals surface area contributed by atoms with Crippen molar-refractivity contribution in [3.63, 3.8) is 0 Å². The molecule has 3 rings (SSSR count). The van der Waals surface area contributed by atoms with Gasteiger partial charge in [0.1, 0.15) is 6.04 Å². The largest absolute Gasteiger partial charge is 0.380 e. The molecule has 0 aromatic heterocycles. The van der Waals surface area contributed by atoms with Crippen LogP contribution in [0.3, 0.4) is 0 Å². The second-order valence-corrected chi connectivity index (χ2v) is 11.3. The van der Waals surface area contributed by atoms with Crippen molar-refractivity contribution in [3.8, 4) is 0 Å². The van der Waals surface area contributed by atoms with Gasteiger partial charge in [-0.15, -0.1) is 0 Å². The minimum atomic E-state index is -0.569. The summed E-state index contributed by atoms with van der Waals surface area (Å²) in [7, 11) is 1.78. The number of likely N-dealkylation sites (tertiary alicyclic amines) is 1. The molecular weight excluding hydrogens is 452 g/mol. The number of carbonyl (C=O) groups excluding carboxylic acids is 2. The SMILES string of the molecule is CCCCN(NC)C(=O)C(CN1CC2(COC2)C1)NC(=O)[C@@H](C(C)C)[C@H](CCC)Cc1ccccc1. The Morgan fingerprint density at radius 1 is 1.11 bits per heavy atom. The van der Waals surface area contributed by atoms with Crippen molar-refractivity contribution >= 4 is 11.8 Å². The molecule has 0 saturated carbocycles. The van der Waals surface area contributed by atoms with E-state index in [4.69, 9.17) is 4.74 Å². The second-order valence-electron chi connectivity index (χ2n) is 11.3. The predicted octanol–water partition coefficient (Wildman–Crippen LogP) is 3.50. The third-order valence-corrected chi connectivity index (χ3v) is 7.79. The van der Waals surface area contributed by atoms with Gasteiger partial charge in [-0.05, 0) is 36.7 Å². The average molecular weight is 501 g/mol. The van der Waals surface area contributed by atoms with Gasteiger partial charge < -0.3 is 10.1 Å². The molecule has 7 nitrogen and oxygen atoms in total. The molecule has 0 bridgehead atoms. The van der Waals surface area contributed by atoms with Gasteiger partial charge in [0, 0.05) is 44.6 Å². The topological polar surface area (TPSA) is 73.9 Å². The van der Waals surface area contributed by atoms with Crippen LogP contribution in [-0.2, 0) is 20.7 Å². The molecule has 36 heavy (non-hydrogen) atoms. The molecule has 2 N–H and O–H groups in total. The number of amides is 2. The average Bonchev–Trinajstić information content (AvgIpc) is 2.80. The maximum atomic E-state index is 13.9. The number of rotatable bonds is 15. The summed E-state index contributed by atoms with van der Waals surface area (Å²) in [6.07, 6.45) is 4.81. The van der Waals surface area contributed by atoms with Gasteiger partial charge in [0.05, 0.1) is 13.2 Å². The minimum absolute atomic E-state index is 0.00601. The van der Waals surface area contributed by atoms with Gasteiger partial charge in [-0.25, -0.2) is 5.43 Å². The van der Waals surface area contributed by atoms with Crippen LogP contribution in [0.1, 0.15) is 58.9 Å². The van der Waals surface area contributed by atoms with Crippen LogP contribution < -0.4 is 10.7 Å². The first-order valence-corrected chi connectivity index (χ1v) is 14.0. The molecule has 2 heterocycles. The lowest BCUT2D eigenvalue weighted by molar-refractivity contribution is -0.190. The number of unbranched alkanes of at least 4 members (excludes halogenated alkanes) is 1. The van der Waals surface area contributed by atoms with E-state index in [2.05, 4.69) is 67.6 Å². The molecule has 0 radical (unpaired) electrons. The Balaban J connectivity index is 1.75. The molecule has 2 aliphatic rings. The Morgan fingerprint density at radius 3 is 2.33 bits per heavy atom. The molecular formula is C29H48N4O3. The summed E-state index contributed by atoms with van der Waals surface area (Å²) in [6.45, 7) is 13.2. The van der Waals surface area contributed by atoms with Crippen LogP contribution in [0.4, 0.5) is 0 Å². The van der Waals surface area contributed by atoms with E-state index in [-0.39, 0.29) is 35.0 Å². The molecule has 1 spiro atoms. The lowest BCUT2D eigenvalue weighted by atomic mass is 9.76. The number of nitrogens with zero attached hydrogens (tertiary/aromatic N) is 2. The van der Waals surface area contributed by atoms with Crippen molar-refractivity contribution < 1.29 is 14.3 Å². The Labute approximate surface area is 218 Å². The Bertz CT molecular complexity index is 819. The predicted molar refractivity (Wildman–Crippen MR) is 144 cm³/mol. The number of carbonyl (C=O) groups is 2. The molecule has 2 fully saturated rings. The highest BCUT2D eigenvalue weighted by Crippen LogP contribution is 2.37. The Hall–Kier alpha value is -1.96. The van der Waals surface area contributed by atoms with Gasteiger partial charge in [0.25, 0.3) is 5.91 Å². The first kappa shape index (κ1) is 28.6. The van der Waals surface area contributed by atoms with Gasteiger partial charge in [-0.1, -0.05) is 70.9 Å². The molecule has 2 saturated heterocycles. The van der Waals surface area contributed by atoms with Crippen LogP contribution in [0, 0.1) is 23.2 Å². The lowest BCUT2D eigenvalue weighted by Crippen LogP contribution is -2.69. The molecule has 1 aromatic carbocycles. The molecule has 2 amide bonds. The summed E-state index contributed by atoms with van der Waals surface area (Å²) in [5.41, 5.74) is 4.59. The number of ether oxygens (including phenoxy) is 1. The number of hydrogen-bond acceptors (Lipinski definition) is 5. The van der Waals surface area contributed by atoms with Crippen molar-refractivity contribution in [1.29, 1.82) is 0 Å². The fourth-order valence-electron chi connectivity index (χ4n) is 5.91. The Kier molecular flexibility index (Phi) is 10.8. The van der Waals surface area contributed by atoms with E-state index < -0.39 is 6.04 Å². The first-order chi connectivity index (χ1) is 17.3. The number of benzene rings is 1. The van der Waals surface area contributed by atoms with Crippen LogP contribution >= 0.6 is 0 Å².